The minimum atomic E-state index is 0.596. The Hall–Kier alpha value is -1.13. The molecule has 1 N–H and O–H groups in total. The van der Waals surface area contributed by atoms with E-state index in [1.54, 1.807) is 24.7 Å². The van der Waals surface area contributed by atoms with E-state index in [4.69, 9.17) is 11.6 Å². The highest BCUT2D eigenvalue weighted by atomic mass is 79.9. The zero-order valence-electron chi connectivity index (χ0n) is 7.61. The summed E-state index contributed by atoms with van der Waals surface area (Å²) in [6.07, 6.45) is 5.03. The normalized spacial score (nSPS) is 10.0. The van der Waals surface area contributed by atoms with E-state index in [9.17, 15) is 0 Å². The van der Waals surface area contributed by atoms with Gasteiger partial charge in [-0.15, -0.1) is 0 Å². The zero-order valence-corrected chi connectivity index (χ0v) is 9.96. The molecular weight excluding hydrogens is 277 g/mol. The lowest BCUT2D eigenvalue weighted by Crippen LogP contribution is -1.94. The molecule has 2 aromatic heterocycles. The third kappa shape index (κ3) is 2.67. The summed E-state index contributed by atoms with van der Waals surface area (Å²) in [5.41, 5.74) is 0.882. The average Bonchev–Trinajstić information content (AvgIpc) is 2.24. The molecule has 0 aromatic carbocycles. The van der Waals surface area contributed by atoms with Gasteiger partial charge < -0.3 is 5.32 Å². The van der Waals surface area contributed by atoms with Gasteiger partial charge in [0.1, 0.15) is 5.82 Å². The van der Waals surface area contributed by atoms with Crippen molar-refractivity contribution in [3.63, 3.8) is 0 Å². The third-order valence-electron chi connectivity index (χ3n) is 1.73. The molecule has 15 heavy (non-hydrogen) atoms. The SMILES string of the molecule is Clc1cnc(Nc2cccnc2)c(Br)c1. The van der Waals surface area contributed by atoms with Gasteiger partial charge in [0.15, 0.2) is 0 Å². The molecule has 0 saturated carbocycles. The lowest BCUT2D eigenvalue weighted by atomic mass is 10.4. The van der Waals surface area contributed by atoms with Crippen molar-refractivity contribution in [1.82, 2.24) is 9.97 Å². The van der Waals surface area contributed by atoms with Crippen molar-refractivity contribution >= 4 is 39.0 Å². The highest BCUT2D eigenvalue weighted by molar-refractivity contribution is 9.10. The van der Waals surface area contributed by atoms with Crippen LogP contribution in [0.15, 0.2) is 41.3 Å². The molecule has 5 heteroatoms. The van der Waals surface area contributed by atoms with E-state index in [1.807, 2.05) is 12.1 Å². The van der Waals surface area contributed by atoms with Gasteiger partial charge in [0.05, 0.1) is 21.4 Å². The molecule has 2 heterocycles. The highest BCUT2D eigenvalue weighted by Crippen LogP contribution is 2.25. The van der Waals surface area contributed by atoms with Gasteiger partial charge in [0, 0.05) is 12.4 Å². The fourth-order valence-electron chi connectivity index (χ4n) is 1.08. The van der Waals surface area contributed by atoms with Crippen LogP contribution >= 0.6 is 27.5 Å². The molecule has 3 nitrogen and oxygen atoms in total. The second kappa shape index (κ2) is 4.59. The molecule has 0 amide bonds. The summed E-state index contributed by atoms with van der Waals surface area (Å²) in [5.74, 6) is 0.715. The largest absolute Gasteiger partial charge is 0.338 e. The monoisotopic (exact) mass is 283 g/mol. The van der Waals surface area contributed by atoms with Crippen LogP contribution in [0.4, 0.5) is 11.5 Å². The van der Waals surface area contributed by atoms with Gasteiger partial charge in [-0.05, 0) is 34.1 Å². The van der Waals surface area contributed by atoms with Crippen LogP contribution in [0.25, 0.3) is 0 Å². The van der Waals surface area contributed by atoms with Gasteiger partial charge in [-0.1, -0.05) is 11.6 Å². The summed E-state index contributed by atoms with van der Waals surface area (Å²) in [7, 11) is 0. The minimum Gasteiger partial charge on any atom is -0.338 e. The lowest BCUT2D eigenvalue weighted by molar-refractivity contribution is 1.27. The smallest absolute Gasteiger partial charge is 0.144 e. The molecule has 2 rings (SSSR count). The Morgan fingerprint density at radius 3 is 2.87 bits per heavy atom. The molecule has 76 valence electrons. The van der Waals surface area contributed by atoms with Crippen LogP contribution < -0.4 is 5.32 Å². The van der Waals surface area contributed by atoms with Gasteiger partial charge in [0.2, 0.25) is 0 Å². The number of hydrogen-bond donors (Lipinski definition) is 1. The number of pyridine rings is 2. The van der Waals surface area contributed by atoms with Gasteiger partial charge in [0.25, 0.3) is 0 Å². The van der Waals surface area contributed by atoms with Gasteiger partial charge in [-0.2, -0.15) is 0 Å². The Kier molecular flexibility index (Phi) is 3.18. The maximum Gasteiger partial charge on any atom is 0.144 e. The summed E-state index contributed by atoms with van der Waals surface area (Å²) < 4.78 is 0.818. The van der Waals surface area contributed by atoms with Crippen LogP contribution in [0, 0.1) is 0 Å². The molecule has 0 unspecified atom stereocenters. The van der Waals surface area contributed by atoms with Crippen molar-refractivity contribution < 1.29 is 0 Å². The van der Waals surface area contributed by atoms with Gasteiger partial charge in [-0.3, -0.25) is 4.98 Å². The van der Waals surface area contributed by atoms with Crippen LogP contribution in [-0.4, -0.2) is 9.97 Å². The Labute approximate surface area is 101 Å². The van der Waals surface area contributed by atoms with Gasteiger partial charge in [-0.25, -0.2) is 4.98 Å². The summed E-state index contributed by atoms with van der Waals surface area (Å²) >= 11 is 9.16. The summed E-state index contributed by atoms with van der Waals surface area (Å²) in [6, 6.07) is 5.55. The summed E-state index contributed by atoms with van der Waals surface area (Å²) in [4.78, 5) is 8.15. The fourth-order valence-corrected chi connectivity index (χ4v) is 1.82. The lowest BCUT2D eigenvalue weighted by Gasteiger charge is -2.06. The first-order valence-corrected chi connectivity index (χ1v) is 5.41. The van der Waals surface area contributed by atoms with E-state index in [0.29, 0.717) is 10.8 Å². The standard InChI is InChI=1S/C10H7BrClN3/c11-9-4-7(12)5-14-10(9)15-8-2-1-3-13-6-8/h1-6H,(H,14,15). The highest BCUT2D eigenvalue weighted by Gasteiger charge is 2.02. The van der Waals surface area contributed by atoms with E-state index in [1.165, 1.54) is 0 Å². The minimum absolute atomic E-state index is 0.596. The Morgan fingerprint density at radius 1 is 1.33 bits per heavy atom. The van der Waals surface area contributed by atoms with Crippen molar-refractivity contribution in [2.24, 2.45) is 0 Å². The topological polar surface area (TPSA) is 37.8 Å². The quantitative estimate of drug-likeness (QED) is 0.915. The van der Waals surface area contributed by atoms with Crippen LogP contribution in [0.2, 0.25) is 5.02 Å². The van der Waals surface area contributed by atoms with Crippen LogP contribution in [0.3, 0.4) is 0 Å². The molecule has 0 aliphatic rings. The molecule has 0 radical (unpaired) electrons. The molecule has 0 aliphatic heterocycles. The fraction of sp³-hybridized carbons (Fsp3) is 0. The Balaban J connectivity index is 2.25. The first-order chi connectivity index (χ1) is 7.25. The van der Waals surface area contributed by atoms with E-state index < -0.39 is 0 Å². The van der Waals surface area contributed by atoms with Gasteiger partial charge >= 0.3 is 0 Å². The third-order valence-corrected chi connectivity index (χ3v) is 2.54. The Bertz CT molecular complexity index is 461. The molecule has 0 atom stereocenters. The molecule has 0 aliphatic carbocycles. The van der Waals surface area contributed by atoms with Crippen molar-refractivity contribution in [3.8, 4) is 0 Å². The first kappa shape index (κ1) is 10.4. The van der Waals surface area contributed by atoms with E-state index >= 15 is 0 Å². The van der Waals surface area contributed by atoms with Crippen molar-refractivity contribution in [2.75, 3.05) is 5.32 Å². The second-order valence-electron chi connectivity index (χ2n) is 2.85. The maximum absolute atomic E-state index is 5.79. The summed E-state index contributed by atoms with van der Waals surface area (Å²) in [6.45, 7) is 0. The van der Waals surface area contributed by atoms with Crippen LogP contribution in [0.1, 0.15) is 0 Å². The number of aromatic nitrogens is 2. The van der Waals surface area contributed by atoms with Crippen LogP contribution in [0.5, 0.6) is 0 Å². The predicted molar refractivity (Wildman–Crippen MR) is 64.5 cm³/mol. The number of rotatable bonds is 2. The predicted octanol–water partition coefficient (Wildman–Crippen LogP) is 3.64. The summed E-state index contributed by atoms with van der Waals surface area (Å²) in [5, 5.41) is 3.72. The van der Waals surface area contributed by atoms with E-state index in [2.05, 4.69) is 31.2 Å². The van der Waals surface area contributed by atoms with Crippen molar-refractivity contribution in [3.05, 3.63) is 46.3 Å². The molecule has 0 fully saturated rings. The molecule has 0 spiro atoms. The number of anilines is 2. The molecular formula is C10H7BrClN3. The van der Waals surface area contributed by atoms with Crippen molar-refractivity contribution in [2.45, 2.75) is 0 Å². The maximum atomic E-state index is 5.79. The molecule has 0 bridgehead atoms. The van der Waals surface area contributed by atoms with Crippen molar-refractivity contribution in [1.29, 1.82) is 0 Å². The number of hydrogen-bond acceptors (Lipinski definition) is 3. The van der Waals surface area contributed by atoms with E-state index in [0.717, 1.165) is 10.2 Å². The molecule has 0 saturated heterocycles. The first-order valence-electron chi connectivity index (χ1n) is 4.24. The zero-order chi connectivity index (χ0) is 10.7. The van der Waals surface area contributed by atoms with Crippen LogP contribution in [-0.2, 0) is 0 Å². The average molecular weight is 285 g/mol. The number of halogens is 2. The Morgan fingerprint density at radius 2 is 2.20 bits per heavy atom. The van der Waals surface area contributed by atoms with E-state index in [-0.39, 0.29) is 0 Å². The number of nitrogens with zero attached hydrogens (tertiary/aromatic N) is 2. The number of nitrogens with one attached hydrogen (secondary N) is 1. The molecule has 2 aromatic rings. The second-order valence-corrected chi connectivity index (χ2v) is 4.14.